The molecule has 0 fully saturated rings. The van der Waals surface area contributed by atoms with Crippen LogP contribution in [0.5, 0.6) is 5.75 Å². The lowest BCUT2D eigenvalue weighted by Gasteiger charge is -2.10. The molecule has 0 aliphatic rings. The van der Waals surface area contributed by atoms with E-state index in [0.29, 0.717) is 15.6 Å². The van der Waals surface area contributed by atoms with Crippen LogP contribution in [0.25, 0.3) is 0 Å². The number of methoxy groups -OCH3 is 1. The highest BCUT2D eigenvalue weighted by Gasteiger charge is 2.18. The van der Waals surface area contributed by atoms with Crippen LogP contribution in [-0.4, -0.2) is 7.11 Å². The molecule has 0 aliphatic heterocycles. The Morgan fingerprint density at radius 1 is 1.39 bits per heavy atom. The third-order valence-corrected chi connectivity index (χ3v) is 6.22. The number of thiophene rings is 1. The van der Waals surface area contributed by atoms with Gasteiger partial charge in [0, 0.05) is 21.0 Å². The Labute approximate surface area is 130 Å². The zero-order valence-electron chi connectivity index (χ0n) is 9.22. The van der Waals surface area contributed by atoms with Gasteiger partial charge in [0.15, 0.2) is 0 Å². The topological polar surface area (TPSA) is 9.23 Å². The lowest BCUT2D eigenvalue weighted by atomic mass is 10.1. The zero-order valence-corrected chi connectivity index (χ0v) is 14.0. The largest absolute Gasteiger partial charge is 0.497 e. The first-order valence-electron chi connectivity index (χ1n) is 4.95. The van der Waals surface area contributed by atoms with Gasteiger partial charge in [-0.05, 0) is 28.1 Å². The second-order valence-electron chi connectivity index (χ2n) is 3.52. The minimum Gasteiger partial charge on any atom is -0.497 e. The molecule has 0 aliphatic carbocycles. The van der Waals surface area contributed by atoms with Crippen molar-refractivity contribution in [3.05, 3.63) is 49.3 Å². The third kappa shape index (κ3) is 2.90. The average molecular weight is 415 g/mol. The minimum atomic E-state index is -0.308. The number of benzene rings is 1. The summed E-state index contributed by atoms with van der Waals surface area (Å²) >= 11 is 14.2. The summed E-state index contributed by atoms with van der Waals surface area (Å²) in [7, 11) is 1.51. The Bertz CT molecular complexity index is 554. The van der Waals surface area contributed by atoms with Gasteiger partial charge in [0.05, 0.1) is 11.9 Å². The van der Waals surface area contributed by atoms with Gasteiger partial charge in [0.2, 0.25) is 0 Å². The molecule has 0 amide bonds. The van der Waals surface area contributed by atoms with Gasteiger partial charge in [0.25, 0.3) is 0 Å². The third-order valence-electron chi connectivity index (χ3n) is 2.39. The number of halogens is 4. The Kier molecular flexibility index (Phi) is 4.69. The molecule has 0 bridgehead atoms. The second-order valence-corrected chi connectivity index (χ2v) is 6.98. The molecule has 2 rings (SSSR count). The maximum absolute atomic E-state index is 13.9. The molecule has 1 nitrogen and oxygen atoms in total. The van der Waals surface area contributed by atoms with Gasteiger partial charge >= 0.3 is 0 Å². The maximum Gasteiger partial charge on any atom is 0.131 e. The van der Waals surface area contributed by atoms with Crippen LogP contribution >= 0.6 is 54.8 Å². The first-order valence-corrected chi connectivity index (χ1v) is 7.85. The van der Waals surface area contributed by atoms with Crippen molar-refractivity contribution < 1.29 is 9.13 Å². The van der Waals surface area contributed by atoms with E-state index in [0.717, 1.165) is 9.35 Å². The number of alkyl halides is 1. The SMILES string of the molecule is COc1ccc(C(Br)c2cc(Br)c(Cl)s2)c(F)c1. The van der Waals surface area contributed by atoms with Gasteiger partial charge in [-0.15, -0.1) is 11.3 Å². The molecular formula is C12H8Br2ClFOS. The molecule has 1 unspecified atom stereocenters. The van der Waals surface area contributed by atoms with Crippen LogP contribution in [0.3, 0.4) is 0 Å². The molecule has 0 spiro atoms. The van der Waals surface area contributed by atoms with Gasteiger partial charge in [-0.3, -0.25) is 0 Å². The van der Waals surface area contributed by atoms with Crippen LogP contribution in [-0.2, 0) is 0 Å². The highest BCUT2D eigenvalue weighted by Crippen LogP contribution is 2.42. The van der Waals surface area contributed by atoms with Crippen molar-refractivity contribution in [1.29, 1.82) is 0 Å². The van der Waals surface area contributed by atoms with Crippen LogP contribution in [0, 0.1) is 5.82 Å². The Hall–Kier alpha value is -0.100. The van der Waals surface area contributed by atoms with E-state index in [4.69, 9.17) is 16.3 Å². The standard InChI is InChI=1S/C12H8Br2ClFOS/c1-17-6-2-3-7(9(16)4-6)11(14)10-5-8(13)12(15)18-10/h2-5,11H,1H3. The summed E-state index contributed by atoms with van der Waals surface area (Å²) < 4.78 is 20.4. The number of rotatable bonds is 3. The summed E-state index contributed by atoms with van der Waals surface area (Å²) in [5.41, 5.74) is 0.557. The van der Waals surface area contributed by atoms with Gasteiger partial charge in [-0.1, -0.05) is 33.6 Å². The van der Waals surface area contributed by atoms with Crippen molar-refractivity contribution >= 4 is 54.8 Å². The summed E-state index contributed by atoms with van der Waals surface area (Å²) in [5.74, 6) is 0.193. The summed E-state index contributed by atoms with van der Waals surface area (Å²) in [6.07, 6.45) is 0. The molecule has 96 valence electrons. The zero-order chi connectivity index (χ0) is 13.3. The summed E-state index contributed by atoms with van der Waals surface area (Å²) in [6, 6.07) is 6.69. The fourth-order valence-corrected chi connectivity index (χ4v) is 4.00. The summed E-state index contributed by atoms with van der Waals surface area (Å²) in [4.78, 5) is 0.716. The number of hydrogen-bond acceptors (Lipinski definition) is 2. The van der Waals surface area contributed by atoms with Gasteiger partial charge in [0.1, 0.15) is 15.9 Å². The van der Waals surface area contributed by atoms with E-state index in [1.54, 1.807) is 12.1 Å². The lowest BCUT2D eigenvalue weighted by molar-refractivity contribution is 0.411. The Morgan fingerprint density at radius 2 is 2.11 bits per heavy atom. The lowest BCUT2D eigenvalue weighted by Crippen LogP contribution is -1.95. The van der Waals surface area contributed by atoms with E-state index in [9.17, 15) is 4.39 Å². The van der Waals surface area contributed by atoms with Crippen molar-refractivity contribution in [2.75, 3.05) is 7.11 Å². The van der Waals surface area contributed by atoms with Crippen LogP contribution in [0.1, 0.15) is 15.3 Å². The Morgan fingerprint density at radius 3 is 2.61 bits per heavy atom. The monoisotopic (exact) mass is 412 g/mol. The van der Waals surface area contributed by atoms with Crippen LogP contribution < -0.4 is 4.74 Å². The highest BCUT2D eigenvalue weighted by molar-refractivity contribution is 9.10. The van der Waals surface area contributed by atoms with E-state index in [2.05, 4.69) is 31.9 Å². The molecule has 1 aromatic carbocycles. The minimum absolute atomic E-state index is 0.225. The smallest absolute Gasteiger partial charge is 0.131 e. The van der Waals surface area contributed by atoms with Gasteiger partial charge < -0.3 is 4.74 Å². The molecular weight excluding hydrogens is 406 g/mol. The van der Waals surface area contributed by atoms with Crippen LogP contribution in [0.2, 0.25) is 4.34 Å². The predicted octanol–water partition coefficient (Wildman–Crippen LogP) is 5.80. The van der Waals surface area contributed by atoms with E-state index >= 15 is 0 Å². The average Bonchev–Trinajstić information content (AvgIpc) is 2.68. The van der Waals surface area contributed by atoms with Crippen molar-refractivity contribution in [1.82, 2.24) is 0 Å². The molecule has 1 heterocycles. The number of ether oxygens (including phenoxy) is 1. The first kappa shape index (κ1) is 14.3. The van der Waals surface area contributed by atoms with E-state index in [1.165, 1.54) is 24.5 Å². The van der Waals surface area contributed by atoms with E-state index < -0.39 is 0 Å². The molecule has 1 atom stereocenters. The fraction of sp³-hybridized carbons (Fsp3) is 0.167. The molecule has 0 saturated heterocycles. The second kappa shape index (κ2) is 5.90. The summed E-state index contributed by atoms with van der Waals surface area (Å²) in [6.45, 7) is 0. The van der Waals surface area contributed by atoms with Gasteiger partial charge in [-0.25, -0.2) is 4.39 Å². The van der Waals surface area contributed by atoms with Crippen LogP contribution in [0.15, 0.2) is 28.7 Å². The van der Waals surface area contributed by atoms with Crippen molar-refractivity contribution in [2.45, 2.75) is 4.83 Å². The van der Waals surface area contributed by atoms with Crippen molar-refractivity contribution in [2.24, 2.45) is 0 Å². The maximum atomic E-state index is 13.9. The molecule has 2 aromatic rings. The molecule has 0 radical (unpaired) electrons. The molecule has 6 heteroatoms. The fourth-order valence-electron chi connectivity index (χ4n) is 1.48. The molecule has 18 heavy (non-hydrogen) atoms. The quantitative estimate of drug-likeness (QED) is 0.577. The molecule has 1 aromatic heterocycles. The van der Waals surface area contributed by atoms with E-state index in [-0.39, 0.29) is 10.6 Å². The first-order chi connectivity index (χ1) is 8.52. The molecule has 0 N–H and O–H groups in total. The van der Waals surface area contributed by atoms with E-state index in [1.807, 2.05) is 6.07 Å². The van der Waals surface area contributed by atoms with Crippen molar-refractivity contribution in [3.63, 3.8) is 0 Å². The normalized spacial score (nSPS) is 12.5. The molecule has 0 saturated carbocycles. The van der Waals surface area contributed by atoms with Crippen LogP contribution in [0.4, 0.5) is 4.39 Å². The number of hydrogen-bond donors (Lipinski definition) is 0. The summed E-state index contributed by atoms with van der Waals surface area (Å²) in [5, 5.41) is 0. The van der Waals surface area contributed by atoms with Crippen molar-refractivity contribution in [3.8, 4) is 5.75 Å². The predicted molar refractivity (Wildman–Crippen MR) is 80.8 cm³/mol. The highest BCUT2D eigenvalue weighted by atomic mass is 79.9. The van der Waals surface area contributed by atoms with Gasteiger partial charge in [-0.2, -0.15) is 0 Å². The Balaban J connectivity index is 2.36.